The summed E-state index contributed by atoms with van der Waals surface area (Å²) in [4.78, 5) is 24.5. The van der Waals surface area contributed by atoms with E-state index in [1.54, 1.807) is 16.4 Å². The predicted octanol–water partition coefficient (Wildman–Crippen LogP) is 1.84. The van der Waals surface area contributed by atoms with Crippen molar-refractivity contribution in [3.8, 4) is 0 Å². The second-order valence-electron chi connectivity index (χ2n) is 6.85. The Labute approximate surface area is 158 Å². The van der Waals surface area contributed by atoms with Crippen molar-refractivity contribution in [3.63, 3.8) is 0 Å². The topological polar surface area (TPSA) is 94.5 Å². The molecule has 9 heteroatoms. The van der Waals surface area contributed by atoms with E-state index in [9.17, 15) is 9.59 Å². The van der Waals surface area contributed by atoms with E-state index in [-0.39, 0.29) is 12.1 Å². The van der Waals surface area contributed by atoms with Gasteiger partial charge < -0.3 is 20.1 Å². The molecule has 0 spiro atoms. The number of ether oxygens (including phenoxy) is 2. The molecule has 2 N–H and O–H groups in total. The highest BCUT2D eigenvalue weighted by Gasteiger charge is 2.30. The Balaban J connectivity index is 2.04. The van der Waals surface area contributed by atoms with Crippen LogP contribution < -0.4 is 10.6 Å². The smallest absolute Gasteiger partial charge is 0.314 e. The molecule has 0 bridgehead atoms. The van der Waals surface area contributed by atoms with E-state index in [2.05, 4.69) is 15.7 Å². The summed E-state index contributed by atoms with van der Waals surface area (Å²) in [6.07, 6.45) is -0.567. The Hall–Kier alpha value is -1.58. The Kier molecular flexibility index (Phi) is 7.08. The number of rotatable bonds is 7. The molecule has 2 heterocycles. The van der Waals surface area contributed by atoms with Crippen LogP contribution in [0, 0.1) is 0 Å². The maximum absolute atomic E-state index is 12.4. The minimum atomic E-state index is -0.726. The molecule has 1 aromatic rings. The first-order valence-corrected chi connectivity index (χ1v) is 9.94. The standard InChI is InChI=1S/C17H28N4O4S/c1-6-24-13(25-7-2)8-18-15(22)16(23)19-14-11-9-26-10-12(11)20-21(14)17(3,4)5/h13H,6-10H2,1-5H3,(H,18,22)(H,19,23). The van der Waals surface area contributed by atoms with Crippen molar-refractivity contribution in [1.82, 2.24) is 15.1 Å². The van der Waals surface area contributed by atoms with Crippen molar-refractivity contribution in [1.29, 1.82) is 0 Å². The van der Waals surface area contributed by atoms with Crippen LogP contribution in [0.5, 0.6) is 0 Å². The van der Waals surface area contributed by atoms with E-state index in [4.69, 9.17) is 9.47 Å². The van der Waals surface area contributed by atoms with E-state index >= 15 is 0 Å². The predicted molar refractivity (Wildman–Crippen MR) is 101 cm³/mol. The molecule has 0 saturated heterocycles. The van der Waals surface area contributed by atoms with Gasteiger partial charge in [0.1, 0.15) is 5.82 Å². The SMILES string of the molecule is CCOC(CNC(=O)C(=O)Nc1c2c(nn1C(C)(C)C)CSC2)OCC. The fraction of sp³-hybridized carbons (Fsp3) is 0.706. The number of hydrogen-bond donors (Lipinski definition) is 2. The lowest BCUT2D eigenvalue weighted by Gasteiger charge is -2.23. The minimum absolute atomic E-state index is 0.112. The van der Waals surface area contributed by atoms with E-state index in [1.165, 1.54) is 0 Å². The zero-order valence-corrected chi connectivity index (χ0v) is 16.9. The quantitative estimate of drug-likeness (QED) is 0.550. The van der Waals surface area contributed by atoms with Gasteiger partial charge in [0.25, 0.3) is 0 Å². The zero-order valence-electron chi connectivity index (χ0n) is 16.0. The van der Waals surface area contributed by atoms with Crippen LogP contribution in [0.15, 0.2) is 0 Å². The lowest BCUT2D eigenvalue weighted by Crippen LogP contribution is -2.41. The van der Waals surface area contributed by atoms with Gasteiger partial charge in [-0.2, -0.15) is 16.9 Å². The van der Waals surface area contributed by atoms with Gasteiger partial charge in [-0.3, -0.25) is 9.59 Å². The lowest BCUT2D eigenvalue weighted by molar-refractivity contribution is -0.145. The number of carbonyl (C=O) groups is 2. The summed E-state index contributed by atoms with van der Waals surface area (Å²) in [5.41, 5.74) is 1.66. The number of anilines is 1. The summed E-state index contributed by atoms with van der Waals surface area (Å²) in [5, 5.41) is 9.90. The molecule has 2 rings (SSSR count). The number of aromatic nitrogens is 2. The molecule has 1 aromatic heterocycles. The number of hydrogen-bond acceptors (Lipinski definition) is 6. The summed E-state index contributed by atoms with van der Waals surface area (Å²) in [5.74, 6) is 0.748. The number of nitrogens with one attached hydrogen (secondary N) is 2. The van der Waals surface area contributed by atoms with E-state index in [0.717, 1.165) is 22.8 Å². The van der Waals surface area contributed by atoms with Crippen LogP contribution >= 0.6 is 11.8 Å². The first-order chi connectivity index (χ1) is 12.3. The molecule has 0 atom stereocenters. The molecule has 0 aliphatic carbocycles. The molecule has 0 saturated carbocycles. The number of amides is 2. The van der Waals surface area contributed by atoms with Gasteiger partial charge in [0, 0.05) is 30.3 Å². The number of thioether (sulfide) groups is 1. The van der Waals surface area contributed by atoms with E-state index < -0.39 is 18.1 Å². The Morgan fingerprint density at radius 1 is 1.19 bits per heavy atom. The monoisotopic (exact) mass is 384 g/mol. The molecule has 8 nitrogen and oxygen atoms in total. The molecule has 1 aliphatic rings. The molecule has 26 heavy (non-hydrogen) atoms. The normalized spacial score (nSPS) is 13.8. The summed E-state index contributed by atoms with van der Waals surface area (Å²) < 4.78 is 12.5. The summed E-state index contributed by atoms with van der Waals surface area (Å²) >= 11 is 1.74. The maximum atomic E-state index is 12.4. The van der Waals surface area contributed by atoms with Crippen molar-refractivity contribution in [2.24, 2.45) is 0 Å². The highest BCUT2D eigenvalue weighted by Crippen LogP contribution is 2.37. The van der Waals surface area contributed by atoms with E-state index in [1.807, 2.05) is 34.6 Å². The van der Waals surface area contributed by atoms with Crippen LogP contribution in [-0.4, -0.2) is 47.6 Å². The first-order valence-electron chi connectivity index (χ1n) is 8.79. The molecule has 146 valence electrons. The molecule has 1 aliphatic heterocycles. The van der Waals surface area contributed by atoms with Gasteiger partial charge in [0.05, 0.1) is 17.8 Å². The van der Waals surface area contributed by atoms with Crippen LogP contribution in [0.25, 0.3) is 0 Å². The lowest BCUT2D eigenvalue weighted by atomic mass is 10.1. The van der Waals surface area contributed by atoms with Crippen LogP contribution in [0.1, 0.15) is 45.9 Å². The molecule has 0 unspecified atom stereocenters. The van der Waals surface area contributed by atoms with Crippen LogP contribution in [-0.2, 0) is 36.1 Å². The van der Waals surface area contributed by atoms with Crippen molar-refractivity contribution in [2.75, 3.05) is 25.1 Å². The second kappa shape index (κ2) is 8.88. The molecule has 0 aromatic carbocycles. The third-order valence-corrected chi connectivity index (χ3v) is 4.73. The third-order valence-electron chi connectivity index (χ3n) is 3.76. The van der Waals surface area contributed by atoms with Crippen LogP contribution in [0.3, 0.4) is 0 Å². The van der Waals surface area contributed by atoms with Crippen molar-refractivity contribution < 1.29 is 19.1 Å². The Morgan fingerprint density at radius 3 is 2.42 bits per heavy atom. The van der Waals surface area contributed by atoms with Gasteiger partial charge in [-0.1, -0.05) is 0 Å². The van der Waals surface area contributed by atoms with Crippen LogP contribution in [0.2, 0.25) is 0 Å². The Bertz CT molecular complexity index is 648. The molecule has 2 amide bonds. The number of nitrogens with zero attached hydrogens (tertiary/aromatic N) is 2. The molecular formula is C17H28N4O4S. The first kappa shape index (κ1) is 20.7. The largest absolute Gasteiger partial charge is 0.351 e. The van der Waals surface area contributed by atoms with Crippen molar-refractivity contribution in [3.05, 3.63) is 11.3 Å². The van der Waals surface area contributed by atoms with Crippen LogP contribution in [0.4, 0.5) is 5.82 Å². The van der Waals surface area contributed by atoms with Gasteiger partial charge in [-0.25, -0.2) is 4.68 Å². The average molecular weight is 385 g/mol. The minimum Gasteiger partial charge on any atom is -0.351 e. The fourth-order valence-corrected chi connectivity index (χ4v) is 3.62. The third kappa shape index (κ3) is 4.99. The van der Waals surface area contributed by atoms with Gasteiger partial charge in [0.2, 0.25) is 0 Å². The highest BCUT2D eigenvalue weighted by atomic mass is 32.2. The maximum Gasteiger partial charge on any atom is 0.314 e. The summed E-state index contributed by atoms with van der Waals surface area (Å²) in [6, 6.07) is 0. The van der Waals surface area contributed by atoms with E-state index in [0.29, 0.717) is 19.0 Å². The molecule has 0 fully saturated rings. The van der Waals surface area contributed by atoms with Crippen molar-refractivity contribution >= 4 is 29.4 Å². The average Bonchev–Trinajstić information content (AvgIpc) is 3.14. The molecular weight excluding hydrogens is 356 g/mol. The highest BCUT2D eigenvalue weighted by molar-refractivity contribution is 7.98. The summed E-state index contributed by atoms with van der Waals surface area (Å²) in [6.45, 7) is 10.7. The fourth-order valence-electron chi connectivity index (χ4n) is 2.59. The van der Waals surface area contributed by atoms with Gasteiger partial charge in [-0.15, -0.1) is 0 Å². The summed E-state index contributed by atoms with van der Waals surface area (Å²) in [7, 11) is 0. The van der Waals surface area contributed by atoms with Gasteiger partial charge >= 0.3 is 11.8 Å². The number of fused-ring (bicyclic) bond motifs is 1. The zero-order chi connectivity index (χ0) is 19.3. The molecule has 0 radical (unpaired) electrons. The second-order valence-corrected chi connectivity index (χ2v) is 7.84. The van der Waals surface area contributed by atoms with Crippen molar-refractivity contribution in [2.45, 2.75) is 58.0 Å². The van der Waals surface area contributed by atoms with Gasteiger partial charge in [-0.05, 0) is 34.6 Å². The Morgan fingerprint density at radius 2 is 1.85 bits per heavy atom. The number of carbonyl (C=O) groups excluding carboxylic acids is 2. The van der Waals surface area contributed by atoms with Gasteiger partial charge in [0.15, 0.2) is 6.29 Å².